The Morgan fingerprint density at radius 3 is 2.86 bits per heavy atom. The summed E-state index contributed by atoms with van der Waals surface area (Å²) >= 11 is 0. The number of benzene rings is 1. The Morgan fingerprint density at radius 2 is 2.10 bits per heavy atom. The zero-order chi connectivity index (χ0) is 14.8. The van der Waals surface area contributed by atoms with Gasteiger partial charge >= 0.3 is 0 Å². The average molecular weight is 301 g/mol. The van der Waals surface area contributed by atoms with Crippen molar-refractivity contribution in [3.05, 3.63) is 29.3 Å². The molecule has 2 aliphatic rings. The predicted molar refractivity (Wildman–Crippen MR) is 85.4 cm³/mol. The van der Waals surface area contributed by atoms with E-state index in [1.807, 2.05) is 6.07 Å². The molecule has 112 valence electrons. The maximum Gasteiger partial charge on any atom is 0.0668 e. The van der Waals surface area contributed by atoms with Crippen molar-refractivity contribution < 1.29 is 4.21 Å². The van der Waals surface area contributed by atoms with E-state index in [1.165, 1.54) is 17.5 Å². The van der Waals surface area contributed by atoms with Gasteiger partial charge < -0.3 is 0 Å². The van der Waals surface area contributed by atoms with E-state index in [0.29, 0.717) is 5.92 Å². The number of rotatable bonds is 3. The summed E-state index contributed by atoms with van der Waals surface area (Å²) in [5, 5.41) is 9.41. The third kappa shape index (κ3) is 2.92. The summed E-state index contributed by atoms with van der Waals surface area (Å²) in [7, 11) is -1.04. The topological polar surface area (TPSA) is 40.9 Å². The van der Waals surface area contributed by atoms with Gasteiger partial charge in [0, 0.05) is 4.90 Å². The summed E-state index contributed by atoms with van der Waals surface area (Å²) in [5.74, 6) is 0.597. The van der Waals surface area contributed by atoms with Crippen molar-refractivity contribution in [3.8, 4) is 6.07 Å². The van der Waals surface area contributed by atoms with E-state index in [1.54, 1.807) is 0 Å². The lowest BCUT2D eigenvalue weighted by Gasteiger charge is -2.31. The van der Waals surface area contributed by atoms with E-state index in [9.17, 15) is 9.47 Å². The molecular weight excluding hydrogens is 278 g/mol. The van der Waals surface area contributed by atoms with Crippen LogP contribution in [-0.2, 0) is 23.6 Å². The second-order valence-corrected chi connectivity index (χ2v) is 8.11. The molecule has 1 aromatic carbocycles. The van der Waals surface area contributed by atoms with Crippen molar-refractivity contribution in [1.29, 1.82) is 5.26 Å². The van der Waals surface area contributed by atoms with Crippen LogP contribution in [0.2, 0.25) is 0 Å². The van der Waals surface area contributed by atoms with E-state index in [0.717, 1.165) is 43.4 Å². The van der Waals surface area contributed by atoms with Crippen LogP contribution in [0.4, 0.5) is 0 Å². The lowest BCUT2D eigenvalue weighted by molar-refractivity contribution is 0.313. The van der Waals surface area contributed by atoms with Crippen LogP contribution < -0.4 is 0 Å². The van der Waals surface area contributed by atoms with Crippen LogP contribution in [0.5, 0.6) is 0 Å². The van der Waals surface area contributed by atoms with Gasteiger partial charge in [0.25, 0.3) is 0 Å². The second-order valence-electron chi connectivity index (χ2n) is 6.44. The predicted octanol–water partition coefficient (Wildman–Crippen LogP) is 4.00. The van der Waals surface area contributed by atoms with Gasteiger partial charge in [-0.05, 0) is 67.7 Å². The molecule has 0 amide bonds. The number of fused-ring (bicyclic) bond motifs is 1. The summed E-state index contributed by atoms with van der Waals surface area (Å²) in [4.78, 5) is 0.942. The summed E-state index contributed by atoms with van der Waals surface area (Å²) < 4.78 is 13.0. The maximum absolute atomic E-state index is 13.0. The molecule has 0 saturated heterocycles. The minimum absolute atomic E-state index is 0.0214. The molecule has 0 bridgehead atoms. The molecule has 4 unspecified atom stereocenters. The molecule has 1 aromatic rings. The first-order valence-corrected chi connectivity index (χ1v) is 9.36. The summed E-state index contributed by atoms with van der Waals surface area (Å²) in [6.45, 7) is 2.20. The van der Waals surface area contributed by atoms with Crippen molar-refractivity contribution >= 4 is 10.8 Å². The van der Waals surface area contributed by atoms with Gasteiger partial charge in [0.2, 0.25) is 0 Å². The molecule has 0 aromatic heterocycles. The number of nitriles is 1. The van der Waals surface area contributed by atoms with Crippen LogP contribution in [0.25, 0.3) is 0 Å². The number of hydrogen-bond donors (Lipinski definition) is 0. The van der Waals surface area contributed by atoms with Gasteiger partial charge in [-0.3, -0.25) is 4.21 Å². The Morgan fingerprint density at radius 1 is 1.29 bits per heavy atom. The Balaban J connectivity index is 1.84. The molecule has 3 heteroatoms. The number of hydrogen-bond acceptors (Lipinski definition) is 2. The standard InChI is InChI=1S/C18H23NOS/c1-2-13-6-7-16(12-19)18(10-13)21(20)17-9-8-14-4-3-5-15(14)11-17/h8-9,11,13,16,18H,2-7,10H2,1H3. The van der Waals surface area contributed by atoms with Gasteiger partial charge in [-0.2, -0.15) is 5.26 Å². The molecule has 2 nitrogen and oxygen atoms in total. The molecule has 0 aliphatic heterocycles. The van der Waals surface area contributed by atoms with Crippen molar-refractivity contribution in [1.82, 2.24) is 0 Å². The highest BCUT2D eigenvalue weighted by molar-refractivity contribution is 7.85. The average Bonchev–Trinajstić information content (AvgIpc) is 3.01. The molecule has 0 radical (unpaired) electrons. The molecule has 0 N–H and O–H groups in total. The van der Waals surface area contributed by atoms with Crippen LogP contribution >= 0.6 is 0 Å². The lowest BCUT2D eigenvalue weighted by atomic mass is 9.81. The molecule has 1 fully saturated rings. The van der Waals surface area contributed by atoms with Gasteiger partial charge in [0.05, 0.1) is 28.0 Å². The Hall–Kier alpha value is -1.14. The van der Waals surface area contributed by atoms with E-state index in [2.05, 4.69) is 25.1 Å². The SMILES string of the molecule is CCC1CCC(C#N)C(S(=O)c2ccc3c(c2)CCC3)C1. The largest absolute Gasteiger partial charge is 0.254 e. The summed E-state index contributed by atoms with van der Waals surface area (Å²) in [6, 6.07) is 8.73. The fourth-order valence-corrected chi connectivity index (χ4v) is 5.57. The van der Waals surface area contributed by atoms with Crippen LogP contribution in [0.15, 0.2) is 23.1 Å². The minimum atomic E-state index is -1.04. The van der Waals surface area contributed by atoms with Crippen LogP contribution in [0, 0.1) is 23.2 Å². The van der Waals surface area contributed by atoms with Gasteiger partial charge in [0.1, 0.15) is 0 Å². The number of aryl methyl sites for hydroxylation is 2. The first-order chi connectivity index (χ1) is 10.2. The number of nitrogens with zero attached hydrogens (tertiary/aromatic N) is 1. The van der Waals surface area contributed by atoms with Crippen molar-refractivity contribution in [3.63, 3.8) is 0 Å². The third-order valence-corrected chi connectivity index (χ3v) is 7.01. The Kier molecular flexibility index (Phi) is 4.45. The van der Waals surface area contributed by atoms with Gasteiger partial charge in [0.15, 0.2) is 0 Å². The Labute approximate surface area is 130 Å². The summed E-state index contributed by atoms with van der Waals surface area (Å²) in [6.07, 6.45) is 7.60. The van der Waals surface area contributed by atoms with Crippen LogP contribution in [0.3, 0.4) is 0 Å². The van der Waals surface area contributed by atoms with E-state index in [4.69, 9.17) is 0 Å². The monoisotopic (exact) mass is 301 g/mol. The smallest absolute Gasteiger partial charge is 0.0668 e. The molecule has 21 heavy (non-hydrogen) atoms. The van der Waals surface area contributed by atoms with Crippen molar-refractivity contribution in [2.45, 2.75) is 62.0 Å². The lowest BCUT2D eigenvalue weighted by Crippen LogP contribution is -2.32. The first-order valence-electron chi connectivity index (χ1n) is 8.15. The molecule has 4 atom stereocenters. The van der Waals surface area contributed by atoms with Crippen LogP contribution in [-0.4, -0.2) is 9.46 Å². The normalized spacial score (nSPS) is 29.6. The fraction of sp³-hybridized carbons (Fsp3) is 0.611. The van der Waals surface area contributed by atoms with Crippen LogP contribution in [0.1, 0.15) is 50.2 Å². The van der Waals surface area contributed by atoms with Gasteiger partial charge in [-0.1, -0.05) is 19.4 Å². The van der Waals surface area contributed by atoms with Gasteiger partial charge in [-0.25, -0.2) is 0 Å². The van der Waals surface area contributed by atoms with Crippen molar-refractivity contribution in [2.75, 3.05) is 0 Å². The summed E-state index contributed by atoms with van der Waals surface area (Å²) in [5.41, 5.74) is 2.79. The third-order valence-electron chi connectivity index (χ3n) is 5.22. The van der Waals surface area contributed by atoms with E-state index >= 15 is 0 Å². The molecule has 1 saturated carbocycles. The van der Waals surface area contributed by atoms with E-state index in [-0.39, 0.29) is 11.2 Å². The highest BCUT2D eigenvalue weighted by Gasteiger charge is 2.34. The minimum Gasteiger partial charge on any atom is -0.254 e. The molecule has 0 spiro atoms. The molecule has 0 heterocycles. The molecule has 2 aliphatic carbocycles. The molecule has 3 rings (SSSR count). The first kappa shape index (κ1) is 14.8. The zero-order valence-electron chi connectivity index (χ0n) is 12.7. The molecular formula is C18H23NOS. The Bertz CT molecular complexity index is 589. The second kappa shape index (κ2) is 6.32. The fourth-order valence-electron chi connectivity index (χ4n) is 3.82. The highest BCUT2D eigenvalue weighted by atomic mass is 32.2. The van der Waals surface area contributed by atoms with Crippen molar-refractivity contribution in [2.24, 2.45) is 11.8 Å². The highest BCUT2D eigenvalue weighted by Crippen LogP contribution is 2.36. The van der Waals surface area contributed by atoms with E-state index < -0.39 is 10.8 Å². The quantitative estimate of drug-likeness (QED) is 0.846. The zero-order valence-corrected chi connectivity index (χ0v) is 13.5. The van der Waals surface area contributed by atoms with Gasteiger partial charge in [-0.15, -0.1) is 0 Å². The maximum atomic E-state index is 13.0.